The van der Waals surface area contributed by atoms with Crippen LogP contribution in [0.2, 0.25) is 5.02 Å². The Labute approximate surface area is 160 Å². The minimum Gasteiger partial charge on any atom is -0.451 e. The molecule has 0 fully saturated rings. The molecule has 1 aromatic heterocycles. The standard InChI is InChI=1S/C20H16ClFN2O3/c1-12-14(21)6-4-8-16(12)24-19(25)11-23-20(26)18-10-9-17(27-18)13-5-2-3-7-15(13)22/h2-10H,11H2,1H3,(H,23,26)(H,24,25). The molecule has 0 aliphatic carbocycles. The van der Waals surface area contributed by atoms with Gasteiger partial charge in [0.05, 0.1) is 12.1 Å². The van der Waals surface area contributed by atoms with Gasteiger partial charge < -0.3 is 15.1 Å². The van der Waals surface area contributed by atoms with E-state index >= 15 is 0 Å². The Hall–Kier alpha value is -3.12. The normalized spacial score (nSPS) is 10.5. The lowest BCUT2D eigenvalue weighted by Crippen LogP contribution is -2.32. The van der Waals surface area contributed by atoms with E-state index in [9.17, 15) is 14.0 Å². The van der Waals surface area contributed by atoms with Crippen LogP contribution in [0.1, 0.15) is 16.1 Å². The number of amides is 2. The molecule has 2 amide bonds. The molecule has 0 aliphatic heterocycles. The van der Waals surface area contributed by atoms with Crippen LogP contribution in [0.25, 0.3) is 11.3 Å². The number of rotatable bonds is 5. The summed E-state index contributed by atoms with van der Waals surface area (Å²) in [7, 11) is 0. The first kappa shape index (κ1) is 18.7. The van der Waals surface area contributed by atoms with E-state index < -0.39 is 17.6 Å². The molecule has 5 nitrogen and oxygen atoms in total. The highest BCUT2D eigenvalue weighted by Gasteiger charge is 2.15. The van der Waals surface area contributed by atoms with Crippen LogP contribution in [0.4, 0.5) is 10.1 Å². The molecule has 0 bridgehead atoms. The zero-order valence-electron chi connectivity index (χ0n) is 14.4. The van der Waals surface area contributed by atoms with Gasteiger partial charge in [0.25, 0.3) is 5.91 Å². The number of hydrogen-bond donors (Lipinski definition) is 2. The summed E-state index contributed by atoms with van der Waals surface area (Å²) < 4.78 is 19.2. The van der Waals surface area contributed by atoms with E-state index in [-0.39, 0.29) is 23.6 Å². The van der Waals surface area contributed by atoms with Crippen LogP contribution in [0.15, 0.2) is 59.0 Å². The summed E-state index contributed by atoms with van der Waals surface area (Å²) in [4.78, 5) is 24.2. The van der Waals surface area contributed by atoms with Crippen LogP contribution in [-0.2, 0) is 4.79 Å². The summed E-state index contributed by atoms with van der Waals surface area (Å²) in [5.41, 5.74) is 1.56. The molecule has 3 aromatic rings. The number of furan rings is 1. The summed E-state index contributed by atoms with van der Waals surface area (Å²) in [5, 5.41) is 5.67. The second-order valence-corrected chi connectivity index (χ2v) is 6.19. The average Bonchev–Trinajstić information content (AvgIpc) is 3.14. The summed E-state index contributed by atoms with van der Waals surface area (Å²) in [6.45, 7) is 1.53. The van der Waals surface area contributed by atoms with Gasteiger partial charge in [-0.1, -0.05) is 29.8 Å². The minimum absolute atomic E-state index is 0.0139. The van der Waals surface area contributed by atoms with Crippen molar-refractivity contribution < 1.29 is 18.4 Å². The number of anilines is 1. The van der Waals surface area contributed by atoms with E-state index in [1.807, 2.05) is 0 Å². The molecule has 0 unspecified atom stereocenters. The van der Waals surface area contributed by atoms with E-state index in [4.69, 9.17) is 16.0 Å². The molecule has 0 atom stereocenters. The molecule has 2 aromatic carbocycles. The Kier molecular flexibility index (Phi) is 5.57. The molecule has 0 saturated carbocycles. The third-order valence-corrected chi connectivity index (χ3v) is 4.33. The predicted molar refractivity (Wildman–Crippen MR) is 101 cm³/mol. The summed E-state index contributed by atoms with van der Waals surface area (Å²) in [5.74, 6) is -1.21. The fourth-order valence-electron chi connectivity index (χ4n) is 2.45. The number of nitrogens with one attached hydrogen (secondary N) is 2. The van der Waals surface area contributed by atoms with Gasteiger partial charge in [0, 0.05) is 10.7 Å². The van der Waals surface area contributed by atoms with Gasteiger partial charge in [-0.2, -0.15) is 0 Å². The van der Waals surface area contributed by atoms with Crippen LogP contribution in [0.5, 0.6) is 0 Å². The highest BCUT2D eigenvalue weighted by molar-refractivity contribution is 6.31. The van der Waals surface area contributed by atoms with Crippen molar-refractivity contribution in [1.29, 1.82) is 0 Å². The first-order valence-electron chi connectivity index (χ1n) is 8.13. The van der Waals surface area contributed by atoms with Crippen LogP contribution < -0.4 is 10.6 Å². The fraction of sp³-hybridized carbons (Fsp3) is 0.100. The number of carbonyl (C=O) groups excluding carboxylic acids is 2. The highest BCUT2D eigenvalue weighted by Crippen LogP contribution is 2.25. The second-order valence-electron chi connectivity index (χ2n) is 5.79. The zero-order valence-corrected chi connectivity index (χ0v) is 15.1. The highest BCUT2D eigenvalue weighted by atomic mass is 35.5. The van der Waals surface area contributed by atoms with Crippen molar-refractivity contribution >= 4 is 29.1 Å². The Morgan fingerprint density at radius 2 is 1.85 bits per heavy atom. The first-order valence-corrected chi connectivity index (χ1v) is 8.51. The monoisotopic (exact) mass is 386 g/mol. The Bertz CT molecular complexity index is 1000. The number of carbonyl (C=O) groups is 2. The lowest BCUT2D eigenvalue weighted by molar-refractivity contribution is -0.115. The van der Waals surface area contributed by atoms with Crippen LogP contribution in [-0.4, -0.2) is 18.4 Å². The van der Waals surface area contributed by atoms with Crippen molar-refractivity contribution in [2.75, 3.05) is 11.9 Å². The van der Waals surface area contributed by atoms with Crippen LogP contribution in [0.3, 0.4) is 0 Å². The maximum Gasteiger partial charge on any atom is 0.287 e. The third kappa shape index (κ3) is 4.35. The van der Waals surface area contributed by atoms with Crippen molar-refractivity contribution in [3.05, 3.63) is 76.8 Å². The molecule has 2 N–H and O–H groups in total. The Morgan fingerprint density at radius 3 is 2.63 bits per heavy atom. The number of halogens is 2. The topological polar surface area (TPSA) is 71.3 Å². The van der Waals surface area contributed by atoms with Crippen molar-refractivity contribution in [2.45, 2.75) is 6.92 Å². The minimum atomic E-state index is -0.574. The van der Waals surface area contributed by atoms with Gasteiger partial charge in [-0.15, -0.1) is 0 Å². The maximum absolute atomic E-state index is 13.8. The first-order chi connectivity index (χ1) is 13.0. The van der Waals surface area contributed by atoms with E-state index in [1.165, 1.54) is 18.2 Å². The quantitative estimate of drug-likeness (QED) is 0.682. The second kappa shape index (κ2) is 8.05. The SMILES string of the molecule is Cc1c(Cl)cccc1NC(=O)CNC(=O)c1ccc(-c2ccccc2F)o1. The van der Waals surface area contributed by atoms with Crippen LogP contribution in [0, 0.1) is 12.7 Å². The van der Waals surface area contributed by atoms with Gasteiger partial charge in [-0.05, 0) is 48.9 Å². The number of hydrogen-bond acceptors (Lipinski definition) is 3. The van der Waals surface area contributed by atoms with E-state index in [0.29, 0.717) is 10.7 Å². The number of benzene rings is 2. The Balaban J connectivity index is 1.60. The summed E-state index contributed by atoms with van der Waals surface area (Å²) in [6, 6.07) is 14.2. The van der Waals surface area contributed by atoms with E-state index in [1.54, 1.807) is 43.3 Å². The van der Waals surface area contributed by atoms with Crippen molar-refractivity contribution in [3.63, 3.8) is 0 Å². The Morgan fingerprint density at radius 1 is 1.07 bits per heavy atom. The molecule has 3 rings (SSSR count). The molecule has 27 heavy (non-hydrogen) atoms. The molecular formula is C20H16ClFN2O3. The molecule has 0 radical (unpaired) electrons. The van der Waals surface area contributed by atoms with Crippen molar-refractivity contribution in [2.24, 2.45) is 0 Å². The lowest BCUT2D eigenvalue weighted by Gasteiger charge is -2.09. The molecule has 7 heteroatoms. The summed E-state index contributed by atoms with van der Waals surface area (Å²) >= 11 is 6.01. The molecule has 0 aliphatic rings. The van der Waals surface area contributed by atoms with Gasteiger partial charge >= 0.3 is 0 Å². The predicted octanol–water partition coefficient (Wildman–Crippen LogP) is 4.42. The van der Waals surface area contributed by atoms with Gasteiger partial charge in [0.15, 0.2) is 5.76 Å². The third-order valence-electron chi connectivity index (χ3n) is 3.92. The largest absolute Gasteiger partial charge is 0.451 e. The van der Waals surface area contributed by atoms with Gasteiger partial charge in [-0.25, -0.2) is 4.39 Å². The maximum atomic E-state index is 13.8. The molecular weight excluding hydrogens is 371 g/mol. The molecule has 0 saturated heterocycles. The van der Waals surface area contributed by atoms with E-state index in [0.717, 1.165) is 5.56 Å². The average molecular weight is 387 g/mol. The van der Waals surface area contributed by atoms with Crippen LogP contribution >= 0.6 is 11.6 Å². The smallest absolute Gasteiger partial charge is 0.287 e. The van der Waals surface area contributed by atoms with Gasteiger partial charge in [-0.3, -0.25) is 9.59 Å². The molecule has 138 valence electrons. The van der Waals surface area contributed by atoms with Crippen molar-refractivity contribution in [3.8, 4) is 11.3 Å². The fourth-order valence-corrected chi connectivity index (χ4v) is 2.63. The van der Waals surface area contributed by atoms with Crippen molar-refractivity contribution in [1.82, 2.24) is 5.32 Å². The lowest BCUT2D eigenvalue weighted by atomic mass is 10.1. The van der Waals surface area contributed by atoms with E-state index in [2.05, 4.69) is 10.6 Å². The zero-order chi connectivity index (χ0) is 19.4. The van der Waals surface area contributed by atoms with Gasteiger partial charge in [0.1, 0.15) is 11.6 Å². The van der Waals surface area contributed by atoms with Gasteiger partial charge in [0.2, 0.25) is 5.91 Å². The summed E-state index contributed by atoms with van der Waals surface area (Å²) in [6.07, 6.45) is 0. The molecule has 0 spiro atoms. The molecule has 1 heterocycles.